The number of thiazole rings is 1. The van der Waals surface area contributed by atoms with Crippen LogP contribution in [0.1, 0.15) is 83.5 Å². The highest BCUT2D eigenvalue weighted by atomic mass is 32.1. The number of likely N-dealkylation sites (tertiary alicyclic amines) is 1. The van der Waals surface area contributed by atoms with Gasteiger partial charge in [0.25, 0.3) is 0 Å². The third-order valence-electron chi connectivity index (χ3n) is 6.73. The predicted octanol–water partition coefficient (Wildman–Crippen LogP) is 4.76. The van der Waals surface area contributed by atoms with Crippen molar-refractivity contribution in [2.45, 2.75) is 91.3 Å². The van der Waals surface area contributed by atoms with E-state index in [0.29, 0.717) is 38.8 Å². The molecule has 0 bridgehead atoms. The van der Waals surface area contributed by atoms with Gasteiger partial charge in [0.05, 0.1) is 28.7 Å². The SMILES string of the molecule is Cc1ncsc1-c1ccc([C@H](C)NC(=O)C[C@@H]2C[C@@H](OC(=O)CCCCN)CN2C(=O)CC(C)(C)C)cc1. The van der Waals surface area contributed by atoms with Crippen molar-refractivity contribution in [1.29, 1.82) is 0 Å². The second-order valence-electron chi connectivity index (χ2n) is 11.4. The maximum absolute atomic E-state index is 13.1. The molecule has 0 unspecified atom stereocenters. The molecule has 1 saturated heterocycles. The van der Waals surface area contributed by atoms with Crippen LogP contribution in [0.15, 0.2) is 29.8 Å². The monoisotopic (exact) mass is 542 g/mol. The van der Waals surface area contributed by atoms with Crippen molar-refractivity contribution < 1.29 is 19.1 Å². The molecule has 1 aromatic heterocycles. The third-order valence-corrected chi connectivity index (χ3v) is 7.71. The zero-order valence-electron chi connectivity index (χ0n) is 23.3. The summed E-state index contributed by atoms with van der Waals surface area (Å²) in [6, 6.07) is 7.65. The van der Waals surface area contributed by atoms with Crippen molar-refractivity contribution >= 4 is 29.1 Å². The molecule has 1 aliphatic heterocycles. The van der Waals surface area contributed by atoms with Gasteiger partial charge in [-0.05, 0) is 49.8 Å². The minimum absolute atomic E-state index is 0.0148. The zero-order chi connectivity index (χ0) is 27.9. The number of hydrogen-bond donors (Lipinski definition) is 2. The molecule has 0 radical (unpaired) electrons. The van der Waals surface area contributed by atoms with E-state index in [1.807, 2.05) is 52.3 Å². The molecule has 0 aliphatic carbocycles. The Morgan fingerprint density at radius 2 is 1.92 bits per heavy atom. The fraction of sp³-hybridized carbons (Fsp3) is 0.586. The summed E-state index contributed by atoms with van der Waals surface area (Å²) < 4.78 is 5.67. The lowest BCUT2D eigenvalue weighted by Gasteiger charge is -2.28. The number of nitrogens with zero attached hydrogens (tertiary/aromatic N) is 2. The molecule has 38 heavy (non-hydrogen) atoms. The predicted molar refractivity (Wildman–Crippen MR) is 150 cm³/mol. The Labute approximate surface area is 230 Å². The number of carbonyl (C=O) groups excluding carboxylic acids is 3. The number of aryl methyl sites for hydroxylation is 1. The summed E-state index contributed by atoms with van der Waals surface area (Å²) in [6.45, 7) is 10.9. The van der Waals surface area contributed by atoms with Gasteiger partial charge in [-0.3, -0.25) is 14.4 Å². The maximum Gasteiger partial charge on any atom is 0.306 e. The lowest BCUT2D eigenvalue weighted by atomic mass is 9.91. The molecule has 0 saturated carbocycles. The molecule has 2 aromatic rings. The van der Waals surface area contributed by atoms with Crippen LogP contribution in [0.5, 0.6) is 0 Å². The number of hydrogen-bond acceptors (Lipinski definition) is 7. The van der Waals surface area contributed by atoms with Gasteiger partial charge < -0.3 is 20.7 Å². The van der Waals surface area contributed by atoms with Gasteiger partial charge >= 0.3 is 5.97 Å². The molecule has 9 heteroatoms. The number of benzene rings is 1. The van der Waals surface area contributed by atoms with Crippen molar-refractivity contribution in [3.63, 3.8) is 0 Å². The van der Waals surface area contributed by atoms with Gasteiger partial charge in [-0.15, -0.1) is 11.3 Å². The average molecular weight is 543 g/mol. The van der Waals surface area contributed by atoms with Crippen molar-refractivity contribution in [2.75, 3.05) is 13.1 Å². The third kappa shape index (κ3) is 8.63. The largest absolute Gasteiger partial charge is 0.460 e. The molecule has 208 valence electrons. The number of nitrogens with two attached hydrogens (primary N) is 1. The van der Waals surface area contributed by atoms with Gasteiger partial charge in [0.15, 0.2) is 0 Å². The molecule has 2 heterocycles. The van der Waals surface area contributed by atoms with Gasteiger partial charge in [0.2, 0.25) is 11.8 Å². The molecule has 1 fully saturated rings. The minimum atomic E-state index is -0.401. The number of unbranched alkanes of at least 4 members (excludes halogenated alkanes) is 1. The number of esters is 1. The molecule has 1 aliphatic rings. The first-order valence-electron chi connectivity index (χ1n) is 13.5. The van der Waals surface area contributed by atoms with E-state index in [2.05, 4.69) is 22.4 Å². The number of ether oxygens (including phenoxy) is 1. The number of nitrogens with one attached hydrogen (secondary N) is 1. The Balaban J connectivity index is 1.61. The summed E-state index contributed by atoms with van der Waals surface area (Å²) in [4.78, 5) is 45.7. The first kappa shape index (κ1) is 29.8. The van der Waals surface area contributed by atoms with Crippen LogP contribution in [-0.4, -0.2) is 52.9 Å². The van der Waals surface area contributed by atoms with Crippen LogP contribution < -0.4 is 11.1 Å². The van der Waals surface area contributed by atoms with Crippen LogP contribution in [-0.2, 0) is 19.1 Å². The highest BCUT2D eigenvalue weighted by Crippen LogP contribution is 2.30. The molecular formula is C29H42N4O4S. The molecular weight excluding hydrogens is 500 g/mol. The van der Waals surface area contributed by atoms with E-state index in [1.165, 1.54) is 0 Å². The van der Waals surface area contributed by atoms with E-state index >= 15 is 0 Å². The Kier molecular flexibility index (Phi) is 10.4. The van der Waals surface area contributed by atoms with Crippen LogP contribution in [0.3, 0.4) is 0 Å². The Bertz CT molecular complexity index is 1090. The normalized spacial score (nSPS) is 18.3. The van der Waals surface area contributed by atoms with Crippen molar-refractivity contribution in [3.05, 3.63) is 41.0 Å². The van der Waals surface area contributed by atoms with Crippen LogP contribution in [0.2, 0.25) is 0 Å². The van der Waals surface area contributed by atoms with E-state index < -0.39 is 6.10 Å². The van der Waals surface area contributed by atoms with Gasteiger partial charge in [-0.2, -0.15) is 0 Å². The smallest absolute Gasteiger partial charge is 0.306 e. The van der Waals surface area contributed by atoms with E-state index in [0.717, 1.165) is 28.1 Å². The summed E-state index contributed by atoms with van der Waals surface area (Å²) in [7, 11) is 0. The van der Waals surface area contributed by atoms with Gasteiger partial charge in [0.1, 0.15) is 6.10 Å². The second-order valence-corrected chi connectivity index (χ2v) is 12.3. The molecule has 3 atom stereocenters. The maximum atomic E-state index is 13.1. The summed E-state index contributed by atoms with van der Waals surface area (Å²) in [5.41, 5.74) is 10.3. The van der Waals surface area contributed by atoms with Crippen LogP contribution in [0.4, 0.5) is 0 Å². The quantitative estimate of drug-likeness (QED) is 0.312. The van der Waals surface area contributed by atoms with Crippen molar-refractivity contribution in [3.8, 4) is 10.4 Å². The lowest BCUT2D eigenvalue weighted by molar-refractivity contribution is -0.149. The van der Waals surface area contributed by atoms with E-state index in [9.17, 15) is 14.4 Å². The van der Waals surface area contributed by atoms with Crippen LogP contribution in [0, 0.1) is 12.3 Å². The fourth-order valence-electron chi connectivity index (χ4n) is 4.77. The molecule has 8 nitrogen and oxygen atoms in total. The molecule has 3 N–H and O–H groups in total. The number of amides is 2. The highest BCUT2D eigenvalue weighted by Gasteiger charge is 2.39. The van der Waals surface area contributed by atoms with Gasteiger partial charge in [0, 0.05) is 31.7 Å². The fourth-order valence-corrected chi connectivity index (χ4v) is 5.58. The average Bonchev–Trinajstić information content (AvgIpc) is 3.44. The van der Waals surface area contributed by atoms with Gasteiger partial charge in [-0.1, -0.05) is 45.0 Å². The first-order chi connectivity index (χ1) is 18.0. The summed E-state index contributed by atoms with van der Waals surface area (Å²) in [5.74, 6) is -0.422. The molecule has 3 rings (SSSR count). The van der Waals surface area contributed by atoms with E-state index in [1.54, 1.807) is 16.2 Å². The molecule has 0 spiro atoms. The Hall–Kier alpha value is -2.78. The number of carbonyl (C=O) groups is 3. The summed E-state index contributed by atoms with van der Waals surface area (Å²) in [6.07, 6.45) is 2.36. The standard InChI is InChI=1S/C29H42N4O4S/c1-19(21-9-11-22(12-10-21)28-20(2)31-18-38-28)32-25(34)15-23-14-24(37-27(36)8-6-7-13-30)17-33(23)26(35)16-29(3,4)5/h9-12,18-19,23-24H,6-8,13-17,30H2,1-5H3,(H,32,34)/t19-,23-,24+/m0/s1. The molecule has 2 amide bonds. The second kappa shape index (κ2) is 13.3. The summed E-state index contributed by atoms with van der Waals surface area (Å²) in [5, 5.41) is 3.08. The van der Waals surface area contributed by atoms with E-state index in [4.69, 9.17) is 10.5 Å². The number of aromatic nitrogens is 1. The molecule has 1 aromatic carbocycles. The van der Waals surface area contributed by atoms with E-state index in [-0.39, 0.29) is 41.7 Å². The van der Waals surface area contributed by atoms with Crippen LogP contribution >= 0.6 is 11.3 Å². The van der Waals surface area contributed by atoms with Crippen LogP contribution in [0.25, 0.3) is 10.4 Å². The Morgan fingerprint density at radius 3 is 2.53 bits per heavy atom. The van der Waals surface area contributed by atoms with Crippen molar-refractivity contribution in [2.24, 2.45) is 11.1 Å². The summed E-state index contributed by atoms with van der Waals surface area (Å²) >= 11 is 1.61. The number of rotatable bonds is 11. The topological polar surface area (TPSA) is 115 Å². The first-order valence-corrected chi connectivity index (χ1v) is 14.3. The Morgan fingerprint density at radius 1 is 1.21 bits per heavy atom. The lowest BCUT2D eigenvalue weighted by Crippen LogP contribution is -2.41. The zero-order valence-corrected chi connectivity index (χ0v) is 24.1. The van der Waals surface area contributed by atoms with Gasteiger partial charge in [-0.25, -0.2) is 4.98 Å². The highest BCUT2D eigenvalue weighted by molar-refractivity contribution is 7.13. The van der Waals surface area contributed by atoms with Crippen molar-refractivity contribution in [1.82, 2.24) is 15.2 Å². The minimum Gasteiger partial charge on any atom is -0.460 e.